The van der Waals surface area contributed by atoms with E-state index in [-0.39, 0.29) is 11.8 Å². The monoisotopic (exact) mass is 324 g/mol. The molecule has 0 unspecified atom stereocenters. The lowest BCUT2D eigenvalue weighted by molar-refractivity contribution is 0.101. The van der Waals surface area contributed by atoms with Gasteiger partial charge in [-0.3, -0.25) is 19.0 Å². The molecule has 0 bridgehead atoms. The molecule has 3 aromatic rings. The zero-order valence-electron chi connectivity index (χ0n) is 13.2. The molecule has 0 saturated heterocycles. The summed E-state index contributed by atoms with van der Waals surface area (Å²) < 4.78 is 3.11. The number of carbonyl (C=O) groups excluding carboxylic acids is 2. The second kappa shape index (κ2) is 6.37. The van der Waals surface area contributed by atoms with Gasteiger partial charge in [0.25, 0.3) is 11.8 Å². The second-order valence-corrected chi connectivity index (χ2v) is 5.24. The largest absolute Gasteiger partial charge is 0.321 e. The van der Waals surface area contributed by atoms with Gasteiger partial charge in [0.15, 0.2) is 11.4 Å². The summed E-state index contributed by atoms with van der Waals surface area (Å²) in [5.41, 5.74) is 1.76. The molecule has 8 nitrogen and oxygen atoms in total. The maximum atomic E-state index is 12.1. The number of hydrogen-bond acceptors (Lipinski definition) is 4. The summed E-state index contributed by atoms with van der Waals surface area (Å²) in [5.74, 6) is -0.632. The molecule has 0 aliphatic rings. The zero-order valence-corrected chi connectivity index (χ0v) is 13.2. The third kappa shape index (κ3) is 3.49. The fourth-order valence-electron chi connectivity index (χ4n) is 2.14. The number of rotatable bonds is 4. The maximum Gasteiger partial charge on any atom is 0.276 e. The Kier molecular flexibility index (Phi) is 4.11. The fraction of sp³-hybridized carbons (Fsp3) is 0.125. The van der Waals surface area contributed by atoms with Crippen molar-refractivity contribution in [3.63, 3.8) is 0 Å². The molecule has 0 fully saturated rings. The van der Waals surface area contributed by atoms with E-state index in [1.54, 1.807) is 72.3 Å². The van der Waals surface area contributed by atoms with Gasteiger partial charge in [0.05, 0.1) is 0 Å². The molecule has 0 aliphatic carbocycles. The van der Waals surface area contributed by atoms with E-state index in [2.05, 4.69) is 20.8 Å². The highest BCUT2D eigenvalue weighted by Gasteiger charge is 2.11. The average Bonchev–Trinajstić information content (AvgIpc) is 3.16. The van der Waals surface area contributed by atoms with Gasteiger partial charge < -0.3 is 10.6 Å². The number of amides is 2. The average molecular weight is 324 g/mol. The number of aryl methyl sites for hydroxylation is 2. The van der Waals surface area contributed by atoms with Gasteiger partial charge in [-0.25, -0.2) is 0 Å². The van der Waals surface area contributed by atoms with E-state index < -0.39 is 0 Å². The van der Waals surface area contributed by atoms with Crippen molar-refractivity contribution in [1.29, 1.82) is 0 Å². The van der Waals surface area contributed by atoms with E-state index >= 15 is 0 Å². The minimum absolute atomic E-state index is 0.316. The molecule has 0 atom stereocenters. The van der Waals surface area contributed by atoms with Gasteiger partial charge in [-0.2, -0.15) is 10.2 Å². The molecular weight excluding hydrogens is 308 g/mol. The summed E-state index contributed by atoms with van der Waals surface area (Å²) in [7, 11) is 3.48. The summed E-state index contributed by atoms with van der Waals surface area (Å²) in [4.78, 5) is 24.2. The smallest absolute Gasteiger partial charge is 0.276 e. The van der Waals surface area contributed by atoms with Gasteiger partial charge in [0.1, 0.15) is 0 Å². The van der Waals surface area contributed by atoms with Crippen molar-refractivity contribution < 1.29 is 9.59 Å². The van der Waals surface area contributed by atoms with Crippen LogP contribution in [0, 0.1) is 0 Å². The van der Waals surface area contributed by atoms with Crippen molar-refractivity contribution in [2.75, 3.05) is 10.6 Å². The molecule has 1 aromatic carbocycles. The molecule has 0 saturated carbocycles. The maximum absolute atomic E-state index is 12.1. The molecule has 0 radical (unpaired) electrons. The molecule has 2 heterocycles. The number of benzene rings is 1. The topological polar surface area (TPSA) is 93.8 Å². The van der Waals surface area contributed by atoms with Crippen LogP contribution in [0.1, 0.15) is 21.0 Å². The molecule has 8 heteroatoms. The summed E-state index contributed by atoms with van der Waals surface area (Å²) in [6.07, 6.45) is 3.39. The highest BCUT2D eigenvalue weighted by molar-refractivity contribution is 6.05. The van der Waals surface area contributed by atoms with Crippen molar-refractivity contribution in [2.24, 2.45) is 14.1 Å². The van der Waals surface area contributed by atoms with E-state index in [9.17, 15) is 9.59 Å². The van der Waals surface area contributed by atoms with Crippen molar-refractivity contribution in [2.45, 2.75) is 0 Å². The Morgan fingerprint density at radius 1 is 0.833 bits per heavy atom. The van der Waals surface area contributed by atoms with Crippen molar-refractivity contribution in [1.82, 2.24) is 19.6 Å². The number of nitrogens with one attached hydrogen (secondary N) is 2. The molecule has 3 rings (SSSR count). The fourth-order valence-corrected chi connectivity index (χ4v) is 2.14. The standard InChI is InChI=1S/C16H16N6O2/c1-21-8-6-13(19-21)15(23)17-11-4-3-5-12(10-11)18-16(24)14-7-9-22(2)20-14/h3-10H,1-2H3,(H,17,23)(H,18,24). The van der Waals surface area contributed by atoms with Crippen LogP contribution in [-0.4, -0.2) is 31.4 Å². The minimum atomic E-state index is -0.316. The van der Waals surface area contributed by atoms with E-state index in [0.717, 1.165) is 0 Å². The van der Waals surface area contributed by atoms with E-state index in [1.165, 1.54) is 0 Å². The SMILES string of the molecule is Cn1ccc(C(=O)Nc2cccc(NC(=O)c3ccn(C)n3)c2)n1. The lowest BCUT2D eigenvalue weighted by Gasteiger charge is -2.07. The number of anilines is 2. The first-order valence-electron chi connectivity index (χ1n) is 7.23. The molecule has 2 amide bonds. The third-order valence-electron chi connectivity index (χ3n) is 3.27. The van der Waals surface area contributed by atoms with E-state index in [1.807, 2.05) is 0 Å². The summed E-state index contributed by atoms with van der Waals surface area (Å²) in [5, 5.41) is 13.6. The summed E-state index contributed by atoms with van der Waals surface area (Å²) in [6.45, 7) is 0. The predicted molar refractivity (Wildman–Crippen MR) is 88.8 cm³/mol. The molecule has 24 heavy (non-hydrogen) atoms. The van der Waals surface area contributed by atoms with Crippen LogP contribution in [0.2, 0.25) is 0 Å². The summed E-state index contributed by atoms with van der Waals surface area (Å²) >= 11 is 0. The van der Waals surface area contributed by atoms with Gasteiger partial charge in [0.2, 0.25) is 0 Å². The second-order valence-electron chi connectivity index (χ2n) is 5.24. The van der Waals surface area contributed by atoms with Crippen molar-refractivity contribution in [3.05, 3.63) is 60.2 Å². The van der Waals surface area contributed by atoms with Crippen LogP contribution in [0.25, 0.3) is 0 Å². The third-order valence-corrected chi connectivity index (χ3v) is 3.27. The van der Waals surface area contributed by atoms with Gasteiger partial charge in [-0.05, 0) is 30.3 Å². The Morgan fingerprint density at radius 2 is 1.29 bits per heavy atom. The van der Waals surface area contributed by atoms with Crippen LogP contribution >= 0.6 is 0 Å². The molecule has 0 spiro atoms. The van der Waals surface area contributed by atoms with E-state index in [4.69, 9.17) is 0 Å². The van der Waals surface area contributed by atoms with Crippen LogP contribution in [0.15, 0.2) is 48.8 Å². The molecule has 2 N–H and O–H groups in total. The lowest BCUT2D eigenvalue weighted by atomic mass is 10.2. The Labute approximate surface area is 138 Å². The highest BCUT2D eigenvalue weighted by atomic mass is 16.2. The number of carbonyl (C=O) groups is 2. The highest BCUT2D eigenvalue weighted by Crippen LogP contribution is 2.16. The van der Waals surface area contributed by atoms with Gasteiger partial charge in [-0.15, -0.1) is 0 Å². The zero-order chi connectivity index (χ0) is 17.1. The van der Waals surface area contributed by atoms with Crippen molar-refractivity contribution >= 4 is 23.2 Å². The van der Waals surface area contributed by atoms with Crippen LogP contribution in [-0.2, 0) is 14.1 Å². The van der Waals surface area contributed by atoms with Gasteiger partial charge >= 0.3 is 0 Å². The molecular formula is C16H16N6O2. The quantitative estimate of drug-likeness (QED) is 0.763. The van der Waals surface area contributed by atoms with Gasteiger partial charge in [-0.1, -0.05) is 6.07 Å². The van der Waals surface area contributed by atoms with Crippen LogP contribution in [0.3, 0.4) is 0 Å². The first-order valence-corrected chi connectivity index (χ1v) is 7.23. The molecule has 122 valence electrons. The van der Waals surface area contributed by atoms with Gasteiger partial charge in [0, 0.05) is 37.9 Å². The van der Waals surface area contributed by atoms with Crippen LogP contribution in [0.4, 0.5) is 11.4 Å². The van der Waals surface area contributed by atoms with E-state index in [0.29, 0.717) is 22.8 Å². The summed E-state index contributed by atoms with van der Waals surface area (Å²) in [6, 6.07) is 10.1. The normalized spacial score (nSPS) is 10.4. The van der Waals surface area contributed by atoms with Crippen molar-refractivity contribution in [3.8, 4) is 0 Å². The Bertz CT molecular complexity index is 826. The molecule has 0 aliphatic heterocycles. The Balaban J connectivity index is 1.70. The number of hydrogen-bond donors (Lipinski definition) is 2. The Hall–Kier alpha value is -3.42. The lowest BCUT2D eigenvalue weighted by Crippen LogP contribution is -2.15. The number of nitrogens with zero attached hydrogens (tertiary/aromatic N) is 4. The minimum Gasteiger partial charge on any atom is -0.321 e. The first-order chi connectivity index (χ1) is 11.5. The Morgan fingerprint density at radius 3 is 1.67 bits per heavy atom. The van der Waals surface area contributed by atoms with Crippen LogP contribution < -0.4 is 10.6 Å². The first kappa shape index (κ1) is 15.5. The molecule has 2 aromatic heterocycles. The number of aromatic nitrogens is 4. The predicted octanol–water partition coefficient (Wildman–Crippen LogP) is 1.66. The van der Waals surface area contributed by atoms with Crippen LogP contribution in [0.5, 0.6) is 0 Å².